The summed E-state index contributed by atoms with van der Waals surface area (Å²) in [5, 5.41) is 9.87. The molecule has 0 aliphatic rings. The standard InChI is InChI=1S/C18H19FN6/c1-11-17(12(2)25(23-11)9-7-19)21-16-5-4-13-14-10-20-8-6-15(14)24(3)18(13)22-16/h4-6,8,10H,7,9H2,1-3H3,(H,21,22). The minimum Gasteiger partial charge on any atom is -0.337 e. The van der Waals surface area contributed by atoms with Crippen molar-refractivity contribution in [2.45, 2.75) is 20.4 Å². The molecule has 0 atom stereocenters. The van der Waals surface area contributed by atoms with Crippen molar-refractivity contribution in [3.8, 4) is 0 Å². The van der Waals surface area contributed by atoms with Crippen molar-refractivity contribution in [3.05, 3.63) is 42.0 Å². The Morgan fingerprint density at radius 2 is 2.00 bits per heavy atom. The third kappa shape index (κ3) is 2.43. The molecular formula is C18H19FN6. The van der Waals surface area contributed by atoms with Crippen LogP contribution in [0.15, 0.2) is 30.6 Å². The number of alkyl halides is 1. The van der Waals surface area contributed by atoms with E-state index in [1.807, 2.05) is 45.3 Å². The summed E-state index contributed by atoms with van der Waals surface area (Å²) in [4.78, 5) is 8.97. The average Bonchev–Trinajstić information content (AvgIpc) is 3.05. The second-order valence-corrected chi connectivity index (χ2v) is 6.10. The van der Waals surface area contributed by atoms with Gasteiger partial charge in [0, 0.05) is 30.2 Å². The molecule has 6 nitrogen and oxygen atoms in total. The van der Waals surface area contributed by atoms with Crippen molar-refractivity contribution < 1.29 is 4.39 Å². The second kappa shape index (κ2) is 5.84. The molecule has 0 saturated carbocycles. The predicted molar refractivity (Wildman–Crippen MR) is 97.0 cm³/mol. The fourth-order valence-corrected chi connectivity index (χ4v) is 3.29. The highest BCUT2D eigenvalue weighted by Crippen LogP contribution is 2.29. The molecule has 0 saturated heterocycles. The molecule has 0 fully saturated rings. The molecule has 0 spiro atoms. The van der Waals surface area contributed by atoms with Crippen molar-refractivity contribution in [1.82, 2.24) is 24.3 Å². The Bertz CT molecular complexity index is 1080. The number of pyridine rings is 2. The monoisotopic (exact) mass is 338 g/mol. The summed E-state index contributed by atoms with van der Waals surface area (Å²) in [7, 11) is 2.00. The van der Waals surface area contributed by atoms with Gasteiger partial charge in [0.1, 0.15) is 18.1 Å². The number of nitrogens with zero attached hydrogens (tertiary/aromatic N) is 5. The topological polar surface area (TPSA) is 60.6 Å². The first-order chi connectivity index (χ1) is 12.1. The van der Waals surface area contributed by atoms with E-state index in [0.29, 0.717) is 0 Å². The van der Waals surface area contributed by atoms with E-state index in [4.69, 9.17) is 4.98 Å². The maximum atomic E-state index is 12.6. The van der Waals surface area contributed by atoms with Crippen LogP contribution in [-0.2, 0) is 13.6 Å². The number of hydrogen-bond acceptors (Lipinski definition) is 4. The third-order valence-electron chi connectivity index (χ3n) is 4.57. The summed E-state index contributed by atoms with van der Waals surface area (Å²) >= 11 is 0. The minimum absolute atomic E-state index is 0.261. The smallest absolute Gasteiger partial charge is 0.143 e. The van der Waals surface area contributed by atoms with Gasteiger partial charge in [-0.15, -0.1) is 0 Å². The highest BCUT2D eigenvalue weighted by Gasteiger charge is 2.14. The van der Waals surface area contributed by atoms with Crippen LogP contribution in [0.2, 0.25) is 0 Å². The van der Waals surface area contributed by atoms with Crippen LogP contribution in [0.5, 0.6) is 0 Å². The Hall–Kier alpha value is -2.96. The van der Waals surface area contributed by atoms with Gasteiger partial charge in [-0.2, -0.15) is 5.10 Å². The van der Waals surface area contributed by atoms with E-state index in [1.165, 1.54) is 0 Å². The Morgan fingerprint density at radius 1 is 1.16 bits per heavy atom. The fourth-order valence-electron chi connectivity index (χ4n) is 3.29. The van der Waals surface area contributed by atoms with E-state index in [9.17, 15) is 4.39 Å². The SMILES string of the molecule is Cc1nn(CCF)c(C)c1Nc1ccc2c3cnccc3n(C)c2n1. The van der Waals surface area contributed by atoms with Gasteiger partial charge >= 0.3 is 0 Å². The number of fused-ring (bicyclic) bond motifs is 3. The van der Waals surface area contributed by atoms with Gasteiger partial charge in [-0.25, -0.2) is 9.37 Å². The van der Waals surface area contributed by atoms with Crippen molar-refractivity contribution >= 4 is 33.4 Å². The summed E-state index contributed by atoms with van der Waals surface area (Å²) < 4.78 is 16.4. The number of halogens is 1. The number of nitrogens with one attached hydrogen (secondary N) is 1. The lowest BCUT2D eigenvalue weighted by Gasteiger charge is -2.07. The van der Waals surface area contributed by atoms with Crippen molar-refractivity contribution in [3.63, 3.8) is 0 Å². The van der Waals surface area contributed by atoms with Crippen molar-refractivity contribution in [1.29, 1.82) is 0 Å². The molecule has 4 rings (SSSR count). The average molecular weight is 338 g/mol. The summed E-state index contributed by atoms with van der Waals surface area (Å²) in [6, 6.07) is 5.98. The minimum atomic E-state index is -0.435. The lowest BCUT2D eigenvalue weighted by atomic mass is 10.2. The zero-order valence-corrected chi connectivity index (χ0v) is 14.4. The molecule has 0 aliphatic heterocycles. The lowest BCUT2D eigenvalue weighted by molar-refractivity contribution is 0.422. The van der Waals surface area contributed by atoms with Crippen molar-refractivity contribution in [2.75, 3.05) is 12.0 Å². The first kappa shape index (κ1) is 15.6. The molecule has 4 heterocycles. The highest BCUT2D eigenvalue weighted by molar-refractivity contribution is 6.06. The van der Waals surface area contributed by atoms with E-state index in [0.717, 1.165) is 44.8 Å². The molecule has 0 aliphatic carbocycles. The quantitative estimate of drug-likeness (QED) is 0.617. The number of rotatable bonds is 4. The third-order valence-corrected chi connectivity index (χ3v) is 4.57. The summed E-state index contributed by atoms with van der Waals surface area (Å²) in [5.74, 6) is 0.734. The largest absolute Gasteiger partial charge is 0.337 e. The van der Waals surface area contributed by atoms with E-state index < -0.39 is 6.67 Å². The van der Waals surface area contributed by atoms with Gasteiger partial charge in [0.2, 0.25) is 0 Å². The van der Waals surface area contributed by atoms with Gasteiger partial charge < -0.3 is 9.88 Å². The molecule has 0 amide bonds. The van der Waals surface area contributed by atoms with Crippen molar-refractivity contribution in [2.24, 2.45) is 7.05 Å². The van der Waals surface area contributed by atoms with E-state index in [2.05, 4.69) is 20.0 Å². The molecule has 0 bridgehead atoms. The van der Waals surface area contributed by atoms with Gasteiger partial charge in [-0.05, 0) is 32.0 Å². The molecule has 1 N–H and O–H groups in total. The van der Waals surface area contributed by atoms with Gasteiger partial charge in [-0.1, -0.05) is 0 Å². The summed E-state index contributed by atoms with van der Waals surface area (Å²) in [5.41, 5.74) is 4.59. The molecule has 4 aromatic rings. The number of anilines is 2. The molecule has 25 heavy (non-hydrogen) atoms. The first-order valence-electron chi connectivity index (χ1n) is 8.16. The van der Waals surface area contributed by atoms with Crippen LogP contribution in [0, 0.1) is 13.8 Å². The Labute approximate surface area is 144 Å². The highest BCUT2D eigenvalue weighted by atomic mass is 19.1. The zero-order chi connectivity index (χ0) is 17.6. The number of aryl methyl sites for hydroxylation is 3. The molecule has 0 radical (unpaired) electrons. The van der Waals surface area contributed by atoms with Gasteiger partial charge in [-0.3, -0.25) is 9.67 Å². The maximum Gasteiger partial charge on any atom is 0.143 e. The molecule has 128 valence electrons. The number of aromatic nitrogens is 5. The van der Waals surface area contributed by atoms with Crippen LogP contribution in [-0.4, -0.2) is 31.0 Å². The predicted octanol–water partition coefficient (Wildman–Crippen LogP) is 3.65. The molecule has 0 aromatic carbocycles. The van der Waals surface area contributed by atoms with Gasteiger partial charge in [0.05, 0.1) is 29.1 Å². The van der Waals surface area contributed by atoms with Crippen LogP contribution in [0.25, 0.3) is 21.9 Å². The molecule has 4 aromatic heterocycles. The van der Waals surface area contributed by atoms with Crippen LogP contribution >= 0.6 is 0 Å². The van der Waals surface area contributed by atoms with E-state index >= 15 is 0 Å². The summed E-state index contributed by atoms with van der Waals surface area (Å²) in [6.07, 6.45) is 3.65. The van der Waals surface area contributed by atoms with Gasteiger partial charge in [0.25, 0.3) is 0 Å². The first-order valence-corrected chi connectivity index (χ1v) is 8.16. The lowest BCUT2D eigenvalue weighted by Crippen LogP contribution is -2.04. The molecule has 0 unspecified atom stereocenters. The van der Waals surface area contributed by atoms with Crippen LogP contribution < -0.4 is 5.32 Å². The maximum absolute atomic E-state index is 12.6. The Morgan fingerprint density at radius 3 is 2.80 bits per heavy atom. The Balaban J connectivity index is 1.78. The second-order valence-electron chi connectivity index (χ2n) is 6.10. The van der Waals surface area contributed by atoms with E-state index in [-0.39, 0.29) is 6.54 Å². The number of hydrogen-bond donors (Lipinski definition) is 1. The van der Waals surface area contributed by atoms with Crippen LogP contribution in [0.1, 0.15) is 11.4 Å². The van der Waals surface area contributed by atoms with Gasteiger partial charge in [0.15, 0.2) is 0 Å². The summed E-state index contributed by atoms with van der Waals surface area (Å²) in [6.45, 7) is 3.66. The normalized spacial score (nSPS) is 11.5. The van der Waals surface area contributed by atoms with Crippen LogP contribution in [0.4, 0.5) is 15.9 Å². The molecule has 7 heteroatoms. The Kier molecular flexibility index (Phi) is 3.63. The zero-order valence-electron chi connectivity index (χ0n) is 14.4. The van der Waals surface area contributed by atoms with Crippen LogP contribution in [0.3, 0.4) is 0 Å². The fraction of sp³-hybridized carbons (Fsp3) is 0.278. The molecular weight excluding hydrogens is 319 g/mol. The van der Waals surface area contributed by atoms with E-state index in [1.54, 1.807) is 10.9 Å².